The molecule has 0 saturated carbocycles. The molecule has 0 aliphatic carbocycles. The van der Waals surface area contributed by atoms with Gasteiger partial charge in [0.25, 0.3) is 0 Å². The lowest BCUT2D eigenvalue weighted by atomic mass is 10.3. The Labute approximate surface area is 70.4 Å². The minimum absolute atomic E-state index is 0.0194. The molecule has 0 bridgehead atoms. The predicted octanol–water partition coefficient (Wildman–Crippen LogP) is 0.298. The van der Waals surface area contributed by atoms with Crippen LogP contribution < -0.4 is 5.32 Å². The molecule has 4 nitrogen and oxygen atoms in total. The lowest BCUT2D eigenvalue weighted by Gasteiger charge is -2.13. The fourth-order valence-electron chi connectivity index (χ4n) is 1.45. The van der Waals surface area contributed by atoms with Crippen molar-refractivity contribution in [1.82, 2.24) is 10.2 Å². The highest BCUT2D eigenvalue weighted by molar-refractivity contribution is 5.64. The quantitative estimate of drug-likeness (QED) is 0.650. The monoisotopic (exact) mass is 176 g/mol. The highest BCUT2D eigenvalue weighted by Gasteiger charge is 2.22. The molecule has 0 aromatic rings. The lowest BCUT2D eigenvalue weighted by molar-refractivity contribution is 0.189. The topological polar surface area (TPSA) is 52.6 Å². The van der Waals surface area contributed by atoms with Crippen LogP contribution in [0, 0.1) is 0 Å². The SMILES string of the molecule is O=C(O)N[C@H]1CCN(CCF)C1. The van der Waals surface area contributed by atoms with Gasteiger partial charge in [-0.2, -0.15) is 0 Å². The molecule has 1 fully saturated rings. The van der Waals surface area contributed by atoms with Gasteiger partial charge in [0, 0.05) is 25.7 Å². The van der Waals surface area contributed by atoms with Crippen molar-refractivity contribution in [2.24, 2.45) is 0 Å². The van der Waals surface area contributed by atoms with E-state index in [1.165, 1.54) is 0 Å². The number of carbonyl (C=O) groups is 1. The molecule has 0 aromatic heterocycles. The highest BCUT2D eigenvalue weighted by atomic mass is 19.1. The van der Waals surface area contributed by atoms with Crippen molar-refractivity contribution in [3.8, 4) is 0 Å². The number of rotatable bonds is 3. The van der Waals surface area contributed by atoms with Gasteiger partial charge in [0.05, 0.1) is 0 Å². The third kappa shape index (κ3) is 2.65. The van der Waals surface area contributed by atoms with E-state index in [4.69, 9.17) is 5.11 Å². The molecular formula is C7H13FN2O2. The molecule has 0 unspecified atom stereocenters. The summed E-state index contributed by atoms with van der Waals surface area (Å²) >= 11 is 0. The van der Waals surface area contributed by atoms with E-state index in [1.54, 1.807) is 0 Å². The van der Waals surface area contributed by atoms with Gasteiger partial charge in [-0.05, 0) is 6.42 Å². The predicted molar refractivity (Wildman–Crippen MR) is 42.0 cm³/mol. The first-order chi connectivity index (χ1) is 5.72. The number of hydrogen-bond donors (Lipinski definition) is 2. The Kier molecular flexibility index (Phi) is 3.28. The minimum atomic E-state index is -0.998. The van der Waals surface area contributed by atoms with Crippen molar-refractivity contribution in [3.63, 3.8) is 0 Å². The van der Waals surface area contributed by atoms with Gasteiger partial charge in [-0.15, -0.1) is 0 Å². The number of nitrogens with one attached hydrogen (secondary N) is 1. The van der Waals surface area contributed by atoms with Crippen LogP contribution in [0.15, 0.2) is 0 Å². The molecule has 1 amide bonds. The van der Waals surface area contributed by atoms with E-state index in [-0.39, 0.29) is 12.7 Å². The van der Waals surface area contributed by atoms with Gasteiger partial charge in [0.15, 0.2) is 0 Å². The number of alkyl halides is 1. The van der Waals surface area contributed by atoms with E-state index in [0.717, 1.165) is 13.0 Å². The van der Waals surface area contributed by atoms with E-state index in [1.807, 2.05) is 4.90 Å². The summed E-state index contributed by atoms with van der Waals surface area (Å²) < 4.78 is 11.9. The van der Waals surface area contributed by atoms with Crippen LogP contribution in [-0.4, -0.2) is 48.5 Å². The fourth-order valence-corrected chi connectivity index (χ4v) is 1.45. The molecule has 2 N–H and O–H groups in total. The second kappa shape index (κ2) is 4.25. The molecule has 70 valence electrons. The summed E-state index contributed by atoms with van der Waals surface area (Å²) in [7, 11) is 0. The number of carboxylic acid groups (broad SMARTS) is 1. The van der Waals surface area contributed by atoms with Crippen molar-refractivity contribution >= 4 is 6.09 Å². The van der Waals surface area contributed by atoms with Crippen LogP contribution in [0.4, 0.5) is 9.18 Å². The van der Waals surface area contributed by atoms with Gasteiger partial charge in [-0.1, -0.05) is 0 Å². The van der Waals surface area contributed by atoms with Crippen LogP contribution in [0.1, 0.15) is 6.42 Å². The summed E-state index contributed by atoms with van der Waals surface area (Å²) in [5.41, 5.74) is 0. The van der Waals surface area contributed by atoms with Crippen LogP contribution in [0.25, 0.3) is 0 Å². The zero-order valence-corrected chi connectivity index (χ0v) is 6.79. The van der Waals surface area contributed by atoms with Gasteiger partial charge >= 0.3 is 6.09 Å². The van der Waals surface area contributed by atoms with Gasteiger partial charge in [0.2, 0.25) is 0 Å². The minimum Gasteiger partial charge on any atom is -0.465 e. The Morgan fingerprint density at radius 1 is 1.75 bits per heavy atom. The molecule has 1 aliphatic heterocycles. The van der Waals surface area contributed by atoms with Crippen molar-refractivity contribution in [2.45, 2.75) is 12.5 Å². The normalized spacial score (nSPS) is 24.2. The fraction of sp³-hybridized carbons (Fsp3) is 0.857. The maximum Gasteiger partial charge on any atom is 0.404 e. The third-order valence-electron chi connectivity index (χ3n) is 2.00. The van der Waals surface area contributed by atoms with Crippen molar-refractivity contribution in [3.05, 3.63) is 0 Å². The maximum atomic E-state index is 11.9. The zero-order valence-electron chi connectivity index (χ0n) is 6.79. The largest absolute Gasteiger partial charge is 0.465 e. The first-order valence-corrected chi connectivity index (χ1v) is 4.00. The molecule has 12 heavy (non-hydrogen) atoms. The molecule has 0 aromatic carbocycles. The van der Waals surface area contributed by atoms with E-state index < -0.39 is 6.09 Å². The maximum absolute atomic E-state index is 11.9. The van der Waals surface area contributed by atoms with Crippen molar-refractivity contribution in [1.29, 1.82) is 0 Å². The molecule has 0 spiro atoms. The van der Waals surface area contributed by atoms with Crippen LogP contribution in [0.5, 0.6) is 0 Å². The Hall–Kier alpha value is -0.840. The van der Waals surface area contributed by atoms with Crippen LogP contribution in [0.3, 0.4) is 0 Å². The van der Waals surface area contributed by atoms with E-state index in [0.29, 0.717) is 13.1 Å². The zero-order chi connectivity index (χ0) is 8.97. The molecule has 1 atom stereocenters. The van der Waals surface area contributed by atoms with Gasteiger partial charge in [-0.3, -0.25) is 4.90 Å². The molecule has 1 saturated heterocycles. The van der Waals surface area contributed by atoms with E-state index in [9.17, 15) is 9.18 Å². The summed E-state index contributed by atoms with van der Waals surface area (Å²) in [6, 6.07) is -0.0194. The molecule has 1 heterocycles. The molecule has 5 heteroatoms. The summed E-state index contributed by atoms with van der Waals surface area (Å²) in [5, 5.41) is 10.8. The van der Waals surface area contributed by atoms with Gasteiger partial charge in [0.1, 0.15) is 6.67 Å². The van der Waals surface area contributed by atoms with Gasteiger partial charge < -0.3 is 10.4 Å². The Bertz CT molecular complexity index is 165. The highest BCUT2D eigenvalue weighted by Crippen LogP contribution is 2.07. The average molecular weight is 176 g/mol. The summed E-state index contributed by atoms with van der Waals surface area (Å²) in [6.45, 7) is 1.47. The summed E-state index contributed by atoms with van der Waals surface area (Å²) in [4.78, 5) is 12.1. The van der Waals surface area contributed by atoms with Crippen LogP contribution >= 0.6 is 0 Å². The number of amides is 1. The molecule has 0 radical (unpaired) electrons. The summed E-state index contributed by atoms with van der Waals surface area (Å²) in [5.74, 6) is 0. The first-order valence-electron chi connectivity index (χ1n) is 4.00. The molecule has 1 rings (SSSR count). The van der Waals surface area contributed by atoms with Crippen LogP contribution in [-0.2, 0) is 0 Å². The number of halogens is 1. The Balaban J connectivity index is 2.21. The Morgan fingerprint density at radius 2 is 2.50 bits per heavy atom. The first kappa shape index (κ1) is 9.25. The van der Waals surface area contributed by atoms with E-state index >= 15 is 0 Å². The second-order valence-electron chi connectivity index (χ2n) is 2.92. The number of hydrogen-bond acceptors (Lipinski definition) is 2. The lowest BCUT2D eigenvalue weighted by Crippen LogP contribution is -2.36. The third-order valence-corrected chi connectivity index (χ3v) is 2.00. The summed E-state index contributed by atoms with van der Waals surface area (Å²) in [6.07, 6.45) is -0.214. The number of nitrogens with zero attached hydrogens (tertiary/aromatic N) is 1. The number of likely N-dealkylation sites (tertiary alicyclic amines) is 1. The van der Waals surface area contributed by atoms with Gasteiger partial charge in [-0.25, -0.2) is 9.18 Å². The molecular weight excluding hydrogens is 163 g/mol. The van der Waals surface area contributed by atoms with Crippen molar-refractivity contribution in [2.75, 3.05) is 26.3 Å². The Morgan fingerprint density at radius 3 is 3.08 bits per heavy atom. The van der Waals surface area contributed by atoms with Crippen LogP contribution in [0.2, 0.25) is 0 Å². The van der Waals surface area contributed by atoms with Crippen molar-refractivity contribution < 1.29 is 14.3 Å². The smallest absolute Gasteiger partial charge is 0.404 e. The van der Waals surface area contributed by atoms with E-state index in [2.05, 4.69) is 5.32 Å². The second-order valence-corrected chi connectivity index (χ2v) is 2.92. The standard InChI is InChI=1S/C7H13FN2O2/c8-2-4-10-3-1-6(5-10)9-7(11)12/h6,9H,1-5H2,(H,11,12)/t6-/m0/s1. The average Bonchev–Trinajstić information content (AvgIpc) is 2.36. The molecule has 1 aliphatic rings.